The predicted molar refractivity (Wildman–Crippen MR) is 147 cm³/mol. The van der Waals surface area contributed by atoms with Crippen molar-refractivity contribution in [2.45, 2.75) is 51.2 Å². The molecule has 39 heavy (non-hydrogen) atoms. The van der Waals surface area contributed by atoms with Gasteiger partial charge in [-0.05, 0) is 44.0 Å². The second kappa shape index (κ2) is 12.2. The van der Waals surface area contributed by atoms with Gasteiger partial charge < -0.3 is 14.2 Å². The van der Waals surface area contributed by atoms with Crippen molar-refractivity contribution in [2.24, 2.45) is 0 Å². The number of esters is 1. The largest absolute Gasteiger partial charge is 0.457 e. The Kier molecular flexibility index (Phi) is 8.71. The Morgan fingerprint density at radius 2 is 1.62 bits per heavy atom. The Bertz CT molecular complexity index is 1470. The number of hydrogen-bond donors (Lipinski definition) is 1. The van der Waals surface area contributed by atoms with Crippen LogP contribution in [0.1, 0.15) is 49.4 Å². The second-order valence-corrected chi connectivity index (χ2v) is 10.9. The molecule has 0 saturated carbocycles. The normalized spacial score (nSPS) is 15.6. The Balaban J connectivity index is 1.72. The molecular formula is C30H32N2O6S. The van der Waals surface area contributed by atoms with E-state index in [0.717, 1.165) is 24.0 Å². The van der Waals surface area contributed by atoms with Crippen LogP contribution in [-0.2, 0) is 26.3 Å². The van der Waals surface area contributed by atoms with Crippen LogP contribution in [0.5, 0.6) is 5.75 Å². The number of aryl methyl sites for hydroxylation is 1. The van der Waals surface area contributed by atoms with Crippen molar-refractivity contribution in [3.05, 3.63) is 107 Å². The first-order valence-electron chi connectivity index (χ1n) is 12.8. The first kappa shape index (κ1) is 27.9. The molecular weight excluding hydrogens is 516 g/mol. The smallest absolute Gasteiger partial charge is 0.339 e. The summed E-state index contributed by atoms with van der Waals surface area (Å²) in [5.74, 6) is -0.606. The van der Waals surface area contributed by atoms with Gasteiger partial charge in [-0.15, -0.1) is 0 Å². The summed E-state index contributed by atoms with van der Waals surface area (Å²) in [7, 11) is -4.18. The number of carbonyl (C=O) groups is 2. The number of rotatable bonds is 10. The Morgan fingerprint density at radius 3 is 2.31 bits per heavy atom. The highest BCUT2D eigenvalue weighted by Crippen LogP contribution is 2.37. The van der Waals surface area contributed by atoms with E-state index < -0.39 is 22.1 Å². The van der Waals surface area contributed by atoms with E-state index in [1.54, 1.807) is 37.3 Å². The minimum absolute atomic E-state index is 0.00413. The molecule has 1 atom stereocenters. The van der Waals surface area contributed by atoms with E-state index in [1.807, 2.05) is 44.2 Å². The SMILES string of the molecule is CCCCN1C(=O)NC(c2ccccc2OS(=O)(=O)c2ccc(C)cc2)C(C(=O)OCc2ccccc2)=C1C. The van der Waals surface area contributed by atoms with Crippen LogP contribution in [0.25, 0.3) is 0 Å². The van der Waals surface area contributed by atoms with Crippen LogP contribution >= 0.6 is 0 Å². The maximum Gasteiger partial charge on any atom is 0.339 e. The van der Waals surface area contributed by atoms with Crippen molar-refractivity contribution in [3.8, 4) is 5.75 Å². The molecule has 0 bridgehead atoms. The number of allylic oxidation sites excluding steroid dienone is 1. The highest BCUT2D eigenvalue weighted by molar-refractivity contribution is 7.87. The van der Waals surface area contributed by atoms with Crippen LogP contribution in [-0.4, -0.2) is 31.9 Å². The molecule has 1 aliphatic rings. The van der Waals surface area contributed by atoms with Gasteiger partial charge in [0.25, 0.3) is 0 Å². The molecule has 204 valence electrons. The average molecular weight is 549 g/mol. The van der Waals surface area contributed by atoms with Gasteiger partial charge in [-0.2, -0.15) is 8.42 Å². The van der Waals surface area contributed by atoms with Crippen LogP contribution in [0.3, 0.4) is 0 Å². The number of nitrogens with one attached hydrogen (secondary N) is 1. The number of ether oxygens (including phenoxy) is 1. The van der Waals surface area contributed by atoms with E-state index in [0.29, 0.717) is 17.8 Å². The van der Waals surface area contributed by atoms with Crippen LogP contribution in [0, 0.1) is 6.92 Å². The van der Waals surface area contributed by atoms with Gasteiger partial charge in [0.1, 0.15) is 17.3 Å². The lowest BCUT2D eigenvalue weighted by atomic mass is 9.94. The Labute approximate surface area is 229 Å². The Morgan fingerprint density at radius 1 is 0.949 bits per heavy atom. The number of para-hydroxylation sites is 1. The molecule has 3 aromatic carbocycles. The molecule has 0 aromatic heterocycles. The third kappa shape index (κ3) is 6.49. The van der Waals surface area contributed by atoms with E-state index >= 15 is 0 Å². The van der Waals surface area contributed by atoms with Gasteiger partial charge in [0.05, 0.1) is 11.6 Å². The number of nitrogens with zero attached hydrogens (tertiary/aromatic N) is 1. The molecule has 8 nitrogen and oxygen atoms in total. The lowest BCUT2D eigenvalue weighted by Crippen LogP contribution is -2.48. The topological polar surface area (TPSA) is 102 Å². The zero-order chi connectivity index (χ0) is 28.0. The van der Waals surface area contributed by atoms with Crippen molar-refractivity contribution >= 4 is 22.1 Å². The van der Waals surface area contributed by atoms with Gasteiger partial charge in [-0.1, -0.05) is 79.6 Å². The number of amides is 2. The molecule has 1 unspecified atom stereocenters. The molecule has 1 heterocycles. The van der Waals surface area contributed by atoms with Gasteiger partial charge in [0.2, 0.25) is 0 Å². The summed E-state index contributed by atoms with van der Waals surface area (Å²) in [6, 6.07) is 20.7. The second-order valence-electron chi connectivity index (χ2n) is 9.34. The number of urea groups is 1. The molecule has 0 aliphatic carbocycles. The highest BCUT2D eigenvalue weighted by atomic mass is 32.2. The monoisotopic (exact) mass is 548 g/mol. The maximum absolute atomic E-state index is 13.5. The van der Waals surface area contributed by atoms with Gasteiger partial charge in [0.15, 0.2) is 0 Å². The van der Waals surface area contributed by atoms with E-state index in [4.69, 9.17) is 8.92 Å². The number of unbranched alkanes of at least 4 members (excludes halogenated alkanes) is 1. The van der Waals surface area contributed by atoms with Gasteiger partial charge in [-0.3, -0.25) is 4.90 Å². The number of benzene rings is 3. The first-order chi connectivity index (χ1) is 18.7. The quantitative estimate of drug-likeness (QED) is 0.260. The summed E-state index contributed by atoms with van der Waals surface area (Å²) in [6.45, 7) is 6.05. The van der Waals surface area contributed by atoms with Crippen molar-refractivity contribution in [2.75, 3.05) is 6.54 Å². The standard InChI is InChI=1S/C30H32N2O6S/c1-4-5-19-32-22(3)27(29(33)37-20-23-11-7-6-8-12-23)28(31-30(32)34)25-13-9-10-14-26(25)38-39(35,36)24-17-15-21(2)16-18-24/h6-18,28H,4-5,19-20H2,1-3H3,(H,31,34). The van der Waals surface area contributed by atoms with Gasteiger partial charge in [-0.25, -0.2) is 9.59 Å². The lowest BCUT2D eigenvalue weighted by molar-refractivity contribution is -0.141. The molecule has 2 amide bonds. The third-order valence-electron chi connectivity index (χ3n) is 6.50. The molecule has 3 aromatic rings. The summed E-state index contributed by atoms with van der Waals surface area (Å²) in [4.78, 5) is 28.2. The summed E-state index contributed by atoms with van der Waals surface area (Å²) >= 11 is 0. The number of carbonyl (C=O) groups excluding carboxylic acids is 2. The Hall–Kier alpha value is -4.11. The van der Waals surface area contributed by atoms with Crippen molar-refractivity contribution < 1.29 is 26.9 Å². The molecule has 4 rings (SSSR count). The van der Waals surface area contributed by atoms with Gasteiger partial charge >= 0.3 is 22.1 Å². The van der Waals surface area contributed by atoms with Crippen LogP contribution in [0.15, 0.2) is 95.0 Å². The van der Waals surface area contributed by atoms with E-state index in [1.165, 1.54) is 23.1 Å². The fraction of sp³-hybridized carbons (Fsp3) is 0.267. The molecule has 1 aliphatic heterocycles. The van der Waals surface area contributed by atoms with Crippen molar-refractivity contribution in [3.63, 3.8) is 0 Å². The van der Waals surface area contributed by atoms with E-state index in [9.17, 15) is 18.0 Å². The van der Waals surface area contributed by atoms with Crippen LogP contribution in [0.2, 0.25) is 0 Å². The molecule has 0 fully saturated rings. The minimum atomic E-state index is -4.18. The molecule has 0 radical (unpaired) electrons. The maximum atomic E-state index is 13.5. The third-order valence-corrected chi connectivity index (χ3v) is 7.75. The molecule has 9 heteroatoms. The van der Waals surface area contributed by atoms with Gasteiger partial charge in [0, 0.05) is 17.8 Å². The van der Waals surface area contributed by atoms with Crippen molar-refractivity contribution in [1.29, 1.82) is 0 Å². The molecule has 0 spiro atoms. The van der Waals surface area contributed by atoms with E-state index in [2.05, 4.69) is 5.32 Å². The lowest BCUT2D eigenvalue weighted by Gasteiger charge is -2.35. The average Bonchev–Trinajstić information content (AvgIpc) is 2.92. The summed E-state index contributed by atoms with van der Waals surface area (Å²) in [6.07, 6.45) is 1.61. The number of hydrogen-bond acceptors (Lipinski definition) is 6. The van der Waals surface area contributed by atoms with Crippen LogP contribution in [0.4, 0.5) is 4.79 Å². The molecule has 1 N–H and O–H groups in total. The fourth-order valence-electron chi connectivity index (χ4n) is 4.33. The van der Waals surface area contributed by atoms with Crippen LogP contribution < -0.4 is 9.50 Å². The van der Waals surface area contributed by atoms with E-state index in [-0.39, 0.29) is 28.9 Å². The minimum Gasteiger partial charge on any atom is -0.457 e. The summed E-state index contributed by atoms with van der Waals surface area (Å²) in [5, 5.41) is 2.88. The zero-order valence-corrected chi connectivity index (χ0v) is 23.0. The molecule has 0 saturated heterocycles. The van der Waals surface area contributed by atoms with Crippen molar-refractivity contribution in [1.82, 2.24) is 10.2 Å². The summed E-state index contributed by atoms with van der Waals surface area (Å²) < 4.78 is 37.4. The predicted octanol–water partition coefficient (Wildman–Crippen LogP) is 5.65. The zero-order valence-electron chi connectivity index (χ0n) is 22.2. The summed E-state index contributed by atoms with van der Waals surface area (Å²) in [5.41, 5.74) is 2.71. The first-order valence-corrected chi connectivity index (χ1v) is 14.2. The fourth-order valence-corrected chi connectivity index (χ4v) is 5.29. The highest BCUT2D eigenvalue weighted by Gasteiger charge is 2.38.